The van der Waals surface area contributed by atoms with E-state index in [1.165, 1.54) is 38.5 Å². The van der Waals surface area contributed by atoms with E-state index >= 15 is 0 Å². The summed E-state index contributed by atoms with van der Waals surface area (Å²) >= 11 is 0. The molecule has 0 aromatic carbocycles. The highest BCUT2D eigenvalue weighted by atomic mass is 16.5. The predicted octanol–water partition coefficient (Wildman–Crippen LogP) is 5.11. The van der Waals surface area contributed by atoms with E-state index in [9.17, 15) is 4.79 Å². The maximum absolute atomic E-state index is 11.4. The number of unbranched alkanes of at least 4 members (excludes halogenated alkanes) is 6. The SMILES string of the molecule is CCCCCCCCCC(=O)OCCCC(C)C. The van der Waals surface area contributed by atoms with Gasteiger partial charge in [0.1, 0.15) is 0 Å². The quantitative estimate of drug-likeness (QED) is 0.358. The molecular formula is C16H32O2. The maximum Gasteiger partial charge on any atom is 0.305 e. The van der Waals surface area contributed by atoms with E-state index in [1.54, 1.807) is 0 Å². The van der Waals surface area contributed by atoms with Crippen LogP contribution in [-0.4, -0.2) is 12.6 Å². The van der Waals surface area contributed by atoms with Crippen molar-refractivity contribution in [1.82, 2.24) is 0 Å². The van der Waals surface area contributed by atoms with Crippen molar-refractivity contribution in [2.75, 3.05) is 6.61 Å². The molecule has 0 N–H and O–H groups in total. The van der Waals surface area contributed by atoms with Crippen molar-refractivity contribution in [1.29, 1.82) is 0 Å². The van der Waals surface area contributed by atoms with Crippen LogP contribution >= 0.6 is 0 Å². The molecule has 0 fully saturated rings. The fourth-order valence-corrected chi connectivity index (χ4v) is 1.98. The van der Waals surface area contributed by atoms with Crippen LogP contribution in [0.25, 0.3) is 0 Å². The molecule has 0 bridgehead atoms. The number of carbonyl (C=O) groups excluding carboxylic acids is 1. The van der Waals surface area contributed by atoms with Crippen molar-refractivity contribution in [2.45, 2.75) is 85.0 Å². The summed E-state index contributed by atoms with van der Waals surface area (Å²) in [7, 11) is 0. The van der Waals surface area contributed by atoms with E-state index in [1.807, 2.05) is 0 Å². The zero-order chi connectivity index (χ0) is 13.6. The lowest BCUT2D eigenvalue weighted by Crippen LogP contribution is -2.06. The van der Waals surface area contributed by atoms with E-state index < -0.39 is 0 Å². The van der Waals surface area contributed by atoms with E-state index in [0.29, 0.717) is 18.9 Å². The lowest BCUT2D eigenvalue weighted by Gasteiger charge is -2.06. The minimum atomic E-state index is -0.00712. The average molecular weight is 256 g/mol. The van der Waals surface area contributed by atoms with Crippen LogP contribution < -0.4 is 0 Å². The molecular weight excluding hydrogens is 224 g/mol. The zero-order valence-corrected chi connectivity index (χ0v) is 12.7. The van der Waals surface area contributed by atoms with Crippen molar-refractivity contribution in [3.63, 3.8) is 0 Å². The minimum Gasteiger partial charge on any atom is -0.466 e. The van der Waals surface area contributed by atoms with Gasteiger partial charge in [0.05, 0.1) is 6.61 Å². The third-order valence-electron chi connectivity index (χ3n) is 3.17. The van der Waals surface area contributed by atoms with Gasteiger partial charge in [-0.05, 0) is 25.2 Å². The van der Waals surface area contributed by atoms with Crippen molar-refractivity contribution >= 4 is 5.97 Å². The summed E-state index contributed by atoms with van der Waals surface area (Å²) in [4.78, 5) is 11.4. The predicted molar refractivity (Wildman–Crippen MR) is 77.6 cm³/mol. The number of rotatable bonds is 12. The first-order valence-electron chi connectivity index (χ1n) is 7.82. The summed E-state index contributed by atoms with van der Waals surface area (Å²) in [5.41, 5.74) is 0. The summed E-state index contributed by atoms with van der Waals surface area (Å²) < 4.78 is 5.20. The van der Waals surface area contributed by atoms with Gasteiger partial charge in [0.15, 0.2) is 0 Å². The van der Waals surface area contributed by atoms with Crippen LogP contribution in [0.15, 0.2) is 0 Å². The van der Waals surface area contributed by atoms with Crippen LogP contribution in [0.5, 0.6) is 0 Å². The Bertz CT molecular complexity index is 188. The van der Waals surface area contributed by atoms with Crippen molar-refractivity contribution in [3.05, 3.63) is 0 Å². The Labute approximate surface area is 113 Å². The topological polar surface area (TPSA) is 26.3 Å². The van der Waals surface area contributed by atoms with Gasteiger partial charge >= 0.3 is 5.97 Å². The van der Waals surface area contributed by atoms with Gasteiger partial charge in [-0.15, -0.1) is 0 Å². The summed E-state index contributed by atoms with van der Waals surface area (Å²) in [5.74, 6) is 0.694. The molecule has 0 radical (unpaired) electrons. The zero-order valence-electron chi connectivity index (χ0n) is 12.7. The summed E-state index contributed by atoms with van der Waals surface area (Å²) in [6.45, 7) is 7.23. The number of hydrogen-bond acceptors (Lipinski definition) is 2. The molecule has 18 heavy (non-hydrogen) atoms. The molecule has 108 valence electrons. The molecule has 0 atom stereocenters. The number of carbonyl (C=O) groups is 1. The molecule has 0 amide bonds. The Hall–Kier alpha value is -0.530. The molecule has 0 aliphatic rings. The summed E-state index contributed by atoms with van der Waals surface area (Å²) in [6, 6.07) is 0. The first-order valence-corrected chi connectivity index (χ1v) is 7.82. The molecule has 0 spiro atoms. The van der Waals surface area contributed by atoms with Crippen molar-refractivity contribution < 1.29 is 9.53 Å². The molecule has 0 aromatic heterocycles. The standard InChI is InChI=1S/C16H32O2/c1-4-5-6-7-8-9-10-13-16(17)18-14-11-12-15(2)3/h15H,4-14H2,1-3H3. The van der Waals surface area contributed by atoms with E-state index in [2.05, 4.69) is 20.8 Å². The Kier molecular flexibility index (Phi) is 12.5. The second kappa shape index (κ2) is 12.9. The first kappa shape index (κ1) is 17.5. The molecule has 0 saturated carbocycles. The number of ether oxygens (including phenoxy) is 1. The molecule has 0 heterocycles. The normalized spacial score (nSPS) is 10.9. The van der Waals surface area contributed by atoms with Crippen LogP contribution in [0.3, 0.4) is 0 Å². The van der Waals surface area contributed by atoms with Crippen LogP contribution in [0.2, 0.25) is 0 Å². The van der Waals surface area contributed by atoms with Gasteiger partial charge in [-0.2, -0.15) is 0 Å². The van der Waals surface area contributed by atoms with Crippen molar-refractivity contribution in [2.24, 2.45) is 5.92 Å². The van der Waals surface area contributed by atoms with Gasteiger partial charge in [-0.25, -0.2) is 0 Å². The Morgan fingerprint density at radius 1 is 0.944 bits per heavy atom. The van der Waals surface area contributed by atoms with Gasteiger partial charge in [0.25, 0.3) is 0 Å². The Balaban J connectivity index is 3.17. The third-order valence-corrected chi connectivity index (χ3v) is 3.17. The second-order valence-corrected chi connectivity index (χ2v) is 5.63. The Morgan fingerprint density at radius 3 is 2.17 bits per heavy atom. The van der Waals surface area contributed by atoms with Crippen LogP contribution in [0.4, 0.5) is 0 Å². The smallest absolute Gasteiger partial charge is 0.305 e. The summed E-state index contributed by atoms with van der Waals surface area (Å²) in [5, 5.41) is 0. The van der Waals surface area contributed by atoms with E-state index in [0.717, 1.165) is 19.3 Å². The fraction of sp³-hybridized carbons (Fsp3) is 0.938. The molecule has 0 rings (SSSR count). The van der Waals surface area contributed by atoms with Crippen LogP contribution in [0, 0.1) is 5.92 Å². The van der Waals surface area contributed by atoms with Gasteiger partial charge in [0.2, 0.25) is 0 Å². The van der Waals surface area contributed by atoms with E-state index in [-0.39, 0.29) is 5.97 Å². The highest BCUT2D eigenvalue weighted by Crippen LogP contribution is 2.09. The van der Waals surface area contributed by atoms with Crippen LogP contribution in [0.1, 0.15) is 85.0 Å². The largest absolute Gasteiger partial charge is 0.466 e. The average Bonchev–Trinajstić information content (AvgIpc) is 2.33. The molecule has 0 aliphatic carbocycles. The van der Waals surface area contributed by atoms with E-state index in [4.69, 9.17) is 4.74 Å². The summed E-state index contributed by atoms with van der Waals surface area (Å²) in [6.07, 6.45) is 11.5. The van der Waals surface area contributed by atoms with Gasteiger partial charge in [-0.1, -0.05) is 59.3 Å². The first-order chi connectivity index (χ1) is 8.66. The minimum absolute atomic E-state index is 0.00712. The lowest BCUT2D eigenvalue weighted by atomic mass is 10.1. The highest BCUT2D eigenvalue weighted by molar-refractivity contribution is 5.69. The molecule has 0 aliphatic heterocycles. The number of esters is 1. The van der Waals surface area contributed by atoms with Gasteiger partial charge in [0, 0.05) is 6.42 Å². The van der Waals surface area contributed by atoms with Crippen molar-refractivity contribution in [3.8, 4) is 0 Å². The number of hydrogen-bond donors (Lipinski definition) is 0. The van der Waals surface area contributed by atoms with Crippen LogP contribution in [-0.2, 0) is 9.53 Å². The monoisotopic (exact) mass is 256 g/mol. The van der Waals surface area contributed by atoms with Gasteiger partial charge in [-0.3, -0.25) is 4.79 Å². The molecule has 0 saturated heterocycles. The fourth-order valence-electron chi connectivity index (χ4n) is 1.98. The lowest BCUT2D eigenvalue weighted by molar-refractivity contribution is -0.143. The maximum atomic E-state index is 11.4. The third kappa shape index (κ3) is 13.5. The van der Waals surface area contributed by atoms with Gasteiger partial charge < -0.3 is 4.74 Å². The Morgan fingerprint density at radius 2 is 1.56 bits per heavy atom. The second-order valence-electron chi connectivity index (χ2n) is 5.63. The molecule has 2 nitrogen and oxygen atoms in total. The highest BCUT2D eigenvalue weighted by Gasteiger charge is 2.02. The molecule has 0 aromatic rings. The molecule has 0 unspecified atom stereocenters. The molecule has 2 heteroatoms.